The van der Waals surface area contributed by atoms with Crippen molar-refractivity contribution >= 4 is 11.9 Å². The highest BCUT2D eigenvalue weighted by molar-refractivity contribution is 5.72. The van der Waals surface area contributed by atoms with Gasteiger partial charge in [-0.15, -0.1) is 0 Å². The van der Waals surface area contributed by atoms with E-state index in [4.69, 9.17) is 9.84 Å². The molecule has 1 aromatic heterocycles. The fourth-order valence-corrected chi connectivity index (χ4v) is 3.02. The van der Waals surface area contributed by atoms with Crippen LogP contribution >= 0.6 is 0 Å². The monoisotopic (exact) mass is 381 g/mol. The van der Waals surface area contributed by atoms with E-state index in [-0.39, 0.29) is 25.0 Å². The molecule has 1 aromatic carbocycles. The molecule has 9 heteroatoms. The molecule has 2 aromatic rings. The average Bonchev–Trinajstić information content (AvgIpc) is 3.07. The summed E-state index contributed by atoms with van der Waals surface area (Å²) in [7, 11) is 0. The van der Waals surface area contributed by atoms with Gasteiger partial charge in [-0.25, -0.2) is 4.98 Å². The molecule has 144 valence electrons. The second-order valence-electron chi connectivity index (χ2n) is 6.42. The lowest BCUT2D eigenvalue weighted by Gasteiger charge is -2.19. The first-order chi connectivity index (χ1) is 12.7. The minimum atomic E-state index is -4.60. The van der Waals surface area contributed by atoms with Crippen molar-refractivity contribution in [2.45, 2.75) is 19.7 Å². The molecular formula is C18H18F3N3O3. The summed E-state index contributed by atoms with van der Waals surface area (Å²) < 4.78 is 45.1. The number of hydrogen-bond acceptors (Lipinski definition) is 5. The summed E-state index contributed by atoms with van der Waals surface area (Å²) in [5, 5.41) is 9.14. The van der Waals surface area contributed by atoms with Crippen LogP contribution in [0.15, 0.2) is 36.4 Å². The van der Waals surface area contributed by atoms with Crippen LogP contribution in [0.1, 0.15) is 11.3 Å². The van der Waals surface area contributed by atoms with Crippen LogP contribution in [-0.4, -0.2) is 40.3 Å². The summed E-state index contributed by atoms with van der Waals surface area (Å²) in [6, 6.07) is 10.9. The third-order valence-corrected chi connectivity index (χ3v) is 4.39. The molecule has 1 fully saturated rings. The van der Waals surface area contributed by atoms with Crippen molar-refractivity contribution in [3.05, 3.63) is 47.7 Å². The van der Waals surface area contributed by atoms with Crippen molar-refractivity contribution in [1.82, 2.24) is 9.97 Å². The third kappa shape index (κ3) is 4.47. The van der Waals surface area contributed by atoms with Gasteiger partial charge in [0.2, 0.25) is 11.8 Å². The van der Waals surface area contributed by atoms with Crippen molar-refractivity contribution in [3.63, 3.8) is 0 Å². The van der Waals surface area contributed by atoms with E-state index in [9.17, 15) is 18.0 Å². The molecule has 0 saturated carbocycles. The second kappa shape index (κ2) is 7.42. The van der Waals surface area contributed by atoms with Gasteiger partial charge in [0, 0.05) is 24.8 Å². The molecule has 1 N–H and O–H groups in total. The average molecular weight is 381 g/mol. The van der Waals surface area contributed by atoms with Crippen molar-refractivity contribution in [2.24, 2.45) is 11.8 Å². The van der Waals surface area contributed by atoms with E-state index >= 15 is 0 Å². The molecule has 1 saturated heterocycles. The van der Waals surface area contributed by atoms with E-state index in [0.29, 0.717) is 5.69 Å². The third-order valence-electron chi connectivity index (χ3n) is 4.39. The Labute approximate surface area is 153 Å². The Morgan fingerprint density at radius 2 is 1.96 bits per heavy atom. The van der Waals surface area contributed by atoms with E-state index in [0.717, 1.165) is 5.56 Å². The van der Waals surface area contributed by atoms with Gasteiger partial charge >= 0.3 is 12.1 Å². The maximum absolute atomic E-state index is 13.2. The van der Waals surface area contributed by atoms with Crippen molar-refractivity contribution < 1.29 is 27.8 Å². The van der Waals surface area contributed by atoms with Gasteiger partial charge in [-0.05, 0) is 12.5 Å². The Kier molecular flexibility index (Phi) is 5.20. The number of aromatic nitrogens is 2. The van der Waals surface area contributed by atoms with Crippen LogP contribution in [-0.2, 0) is 11.4 Å². The van der Waals surface area contributed by atoms with Crippen LogP contribution < -0.4 is 9.64 Å². The highest BCUT2D eigenvalue weighted by Crippen LogP contribution is 2.39. The Morgan fingerprint density at radius 3 is 2.56 bits per heavy atom. The summed E-state index contributed by atoms with van der Waals surface area (Å²) in [5.74, 6) is -4.73. The van der Waals surface area contributed by atoms with Crippen molar-refractivity contribution in [1.29, 1.82) is 0 Å². The van der Waals surface area contributed by atoms with Gasteiger partial charge in [0.15, 0.2) is 0 Å². The zero-order valence-corrected chi connectivity index (χ0v) is 14.5. The molecule has 1 aliphatic rings. The maximum Gasteiger partial charge on any atom is 0.394 e. The number of rotatable bonds is 5. The molecule has 27 heavy (non-hydrogen) atoms. The topological polar surface area (TPSA) is 75.5 Å². The van der Waals surface area contributed by atoms with Crippen LogP contribution in [0.5, 0.6) is 5.88 Å². The first kappa shape index (κ1) is 18.9. The summed E-state index contributed by atoms with van der Waals surface area (Å²) in [5.41, 5.74) is 1.44. The molecule has 3 rings (SSSR count). The number of benzene rings is 1. The summed E-state index contributed by atoms with van der Waals surface area (Å²) in [6.07, 6.45) is -4.60. The van der Waals surface area contributed by atoms with E-state index in [1.807, 2.05) is 30.3 Å². The van der Waals surface area contributed by atoms with E-state index in [1.54, 1.807) is 13.0 Å². The number of carbonyl (C=O) groups is 1. The standard InChI is InChI=1S/C18H18F3N3O3/c1-11-7-15(27-10-12-5-3-2-4-6-12)23-17(22-11)24-8-13(16(25)26)14(9-24)18(19,20)21/h2-7,13-14H,8-10H2,1H3,(H,25,26)/t13-,14-/m1/s1. The number of anilines is 1. The molecule has 2 atom stereocenters. The zero-order chi connectivity index (χ0) is 19.6. The molecule has 1 aliphatic heterocycles. The lowest BCUT2D eigenvalue weighted by molar-refractivity contribution is -0.187. The zero-order valence-electron chi connectivity index (χ0n) is 14.5. The van der Waals surface area contributed by atoms with E-state index < -0.39 is 30.5 Å². The molecular weight excluding hydrogens is 363 g/mol. The molecule has 0 aliphatic carbocycles. The number of alkyl halides is 3. The number of carboxylic acids is 1. The molecule has 0 amide bonds. The SMILES string of the molecule is Cc1cc(OCc2ccccc2)nc(N2C[C@@H](C(F)(F)F)[C@H](C(=O)O)C2)n1. The number of halogens is 3. The molecule has 6 nitrogen and oxygen atoms in total. The molecule has 0 bridgehead atoms. The Hall–Kier alpha value is -2.84. The minimum absolute atomic E-state index is 0.0380. The van der Waals surface area contributed by atoms with Gasteiger partial charge in [0.1, 0.15) is 6.61 Å². The van der Waals surface area contributed by atoms with Crippen molar-refractivity contribution in [2.75, 3.05) is 18.0 Å². The fraction of sp³-hybridized carbons (Fsp3) is 0.389. The Bertz CT molecular complexity index is 814. The Morgan fingerprint density at radius 1 is 1.26 bits per heavy atom. The quantitative estimate of drug-likeness (QED) is 0.858. The lowest BCUT2D eigenvalue weighted by Crippen LogP contribution is -2.33. The first-order valence-electron chi connectivity index (χ1n) is 8.31. The summed E-state index contributed by atoms with van der Waals surface area (Å²) >= 11 is 0. The van der Waals surface area contributed by atoms with Crippen molar-refractivity contribution in [3.8, 4) is 5.88 Å². The smallest absolute Gasteiger partial charge is 0.394 e. The number of carboxylic acid groups (broad SMARTS) is 1. The minimum Gasteiger partial charge on any atom is -0.481 e. The molecule has 2 heterocycles. The predicted octanol–water partition coefficient (Wildman–Crippen LogP) is 3.06. The number of aryl methyl sites for hydroxylation is 1. The predicted molar refractivity (Wildman–Crippen MR) is 90.4 cm³/mol. The van der Waals surface area contributed by atoms with Gasteiger partial charge in [0.25, 0.3) is 0 Å². The van der Waals surface area contributed by atoms with Crippen LogP contribution in [0.4, 0.5) is 19.1 Å². The van der Waals surface area contributed by atoms with E-state index in [1.165, 1.54) is 4.90 Å². The molecule has 0 unspecified atom stereocenters. The largest absolute Gasteiger partial charge is 0.481 e. The van der Waals surface area contributed by atoms with Gasteiger partial charge in [-0.1, -0.05) is 30.3 Å². The highest BCUT2D eigenvalue weighted by atomic mass is 19.4. The summed E-state index contributed by atoms with van der Waals surface area (Å²) in [4.78, 5) is 20.8. The van der Waals surface area contributed by atoms with Gasteiger partial charge < -0.3 is 14.7 Å². The number of hydrogen-bond donors (Lipinski definition) is 1. The Balaban J connectivity index is 1.78. The second-order valence-corrected chi connectivity index (χ2v) is 6.42. The number of ether oxygens (including phenoxy) is 1. The number of nitrogens with zero attached hydrogens (tertiary/aromatic N) is 3. The lowest BCUT2D eigenvalue weighted by atomic mass is 9.96. The maximum atomic E-state index is 13.2. The normalized spacial score (nSPS) is 19.9. The van der Waals surface area contributed by atoms with Gasteiger partial charge in [-0.3, -0.25) is 4.79 Å². The van der Waals surface area contributed by atoms with Gasteiger partial charge in [0.05, 0.1) is 11.8 Å². The van der Waals surface area contributed by atoms with Crippen LogP contribution in [0, 0.1) is 18.8 Å². The summed E-state index contributed by atoms with van der Waals surface area (Å²) in [6.45, 7) is 1.12. The first-order valence-corrected chi connectivity index (χ1v) is 8.31. The highest BCUT2D eigenvalue weighted by Gasteiger charge is 2.53. The van der Waals surface area contributed by atoms with Crippen LogP contribution in [0.3, 0.4) is 0 Å². The van der Waals surface area contributed by atoms with Crippen LogP contribution in [0.25, 0.3) is 0 Å². The van der Waals surface area contributed by atoms with Crippen LogP contribution in [0.2, 0.25) is 0 Å². The fourth-order valence-electron chi connectivity index (χ4n) is 3.02. The number of aliphatic carboxylic acids is 1. The molecule has 0 spiro atoms. The van der Waals surface area contributed by atoms with E-state index in [2.05, 4.69) is 9.97 Å². The molecule has 0 radical (unpaired) electrons. The van der Waals surface area contributed by atoms with Gasteiger partial charge in [-0.2, -0.15) is 18.2 Å².